The Hall–Kier alpha value is -2.59. The highest BCUT2D eigenvalue weighted by Gasteiger charge is 2.01. The van der Waals surface area contributed by atoms with Crippen LogP contribution in [0.5, 0.6) is 5.75 Å². The fourth-order valence-corrected chi connectivity index (χ4v) is 2.20. The maximum absolute atomic E-state index is 5.80. The largest absolute Gasteiger partial charge is 0.489 e. The molecule has 0 bridgehead atoms. The first-order valence-electron chi connectivity index (χ1n) is 6.81. The number of nitrogens with two attached hydrogens (primary N) is 2. The van der Waals surface area contributed by atoms with Crippen molar-refractivity contribution in [2.24, 2.45) is 5.73 Å². The van der Waals surface area contributed by atoms with Crippen LogP contribution >= 0.6 is 0 Å². The topological polar surface area (TPSA) is 74.2 Å². The van der Waals surface area contributed by atoms with Crippen LogP contribution in [0, 0.1) is 0 Å². The lowest BCUT2D eigenvalue weighted by Crippen LogP contribution is -1.99. The van der Waals surface area contributed by atoms with Gasteiger partial charge in [-0.25, -0.2) is 4.98 Å². The Morgan fingerprint density at radius 2 is 1.81 bits per heavy atom. The molecule has 0 aliphatic carbocycles. The van der Waals surface area contributed by atoms with E-state index in [2.05, 4.69) is 4.98 Å². The van der Waals surface area contributed by atoms with Gasteiger partial charge >= 0.3 is 0 Å². The molecule has 0 spiro atoms. The van der Waals surface area contributed by atoms with Crippen LogP contribution < -0.4 is 16.2 Å². The van der Waals surface area contributed by atoms with E-state index in [4.69, 9.17) is 16.2 Å². The Balaban J connectivity index is 1.78. The molecule has 0 aliphatic rings. The Labute approximate surface area is 123 Å². The highest BCUT2D eigenvalue weighted by Crippen LogP contribution is 2.18. The zero-order valence-corrected chi connectivity index (χ0v) is 11.6. The van der Waals surface area contributed by atoms with Crippen LogP contribution in [-0.4, -0.2) is 4.98 Å². The minimum atomic E-state index is 0.487. The van der Waals surface area contributed by atoms with E-state index >= 15 is 0 Å². The Morgan fingerprint density at radius 1 is 0.952 bits per heavy atom. The number of nitrogens with zero attached hydrogens (tertiary/aromatic N) is 1. The van der Waals surface area contributed by atoms with Gasteiger partial charge in [-0.1, -0.05) is 24.3 Å². The first-order valence-corrected chi connectivity index (χ1v) is 6.81. The van der Waals surface area contributed by atoms with Crippen molar-refractivity contribution in [1.82, 2.24) is 4.98 Å². The number of aromatic nitrogens is 1. The van der Waals surface area contributed by atoms with Gasteiger partial charge in [-0.3, -0.25) is 0 Å². The summed E-state index contributed by atoms with van der Waals surface area (Å²) in [6, 6.07) is 17.6. The zero-order valence-electron chi connectivity index (χ0n) is 11.6. The van der Waals surface area contributed by atoms with Gasteiger partial charge in [0.25, 0.3) is 0 Å². The van der Waals surface area contributed by atoms with E-state index in [1.54, 1.807) is 6.07 Å². The van der Waals surface area contributed by atoms with Gasteiger partial charge in [-0.05, 0) is 41.5 Å². The van der Waals surface area contributed by atoms with E-state index in [0.29, 0.717) is 19.0 Å². The molecule has 1 heterocycles. The summed E-state index contributed by atoms with van der Waals surface area (Å²) in [7, 11) is 0. The number of hydrogen-bond acceptors (Lipinski definition) is 4. The maximum Gasteiger partial charge on any atom is 0.124 e. The van der Waals surface area contributed by atoms with Crippen LogP contribution in [0.4, 0.5) is 5.82 Å². The molecule has 106 valence electrons. The Bertz CT molecular complexity index is 771. The highest BCUT2D eigenvalue weighted by molar-refractivity contribution is 5.80. The number of fused-ring (bicyclic) bond motifs is 1. The predicted octanol–water partition coefficient (Wildman–Crippen LogP) is 2.85. The molecule has 0 atom stereocenters. The van der Waals surface area contributed by atoms with Gasteiger partial charge in [0, 0.05) is 11.9 Å². The van der Waals surface area contributed by atoms with Crippen molar-refractivity contribution in [1.29, 1.82) is 0 Å². The number of anilines is 1. The second-order valence-corrected chi connectivity index (χ2v) is 4.90. The molecule has 2 aromatic carbocycles. The van der Waals surface area contributed by atoms with Crippen molar-refractivity contribution in [2.45, 2.75) is 13.2 Å². The lowest BCUT2D eigenvalue weighted by atomic mass is 10.1. The highest BCUT2D eigenvalue weighted by atomic mass is 16.5. The van der Waals surface area contributed by atoms with Crippen molar-refractivity contribution in [3.8, 4) is 5.75 Å². The lowest BCUT2D eigenvalue weighted by molar-refractivity contribution is 0.306. The number of rotatable bonds is 4. The second-order valence-electron chi connectivity index (χ2n) is 4.90. The third-order valence-corrected chi connectivity index (χ3v) is 3.32. The fourth-order valence-electron chi connectivity index (χ4n) is 2.20. The molecule has 3 aromatic rings. The summed E-state index contributed by atoms with van der Waals surface area (Å²) in [6.07, 6.45) is 0. The van der Waals surface area contributed by atoms with E-state index < -0.39 is 0 Å². The summed E-state index contributed by atoms with van der Waals surface area (Å²) in [4.78, 5) is 4.32. The fraction of sp³-hybridized carbons (Fsp3) is 0.118. The van der Waals surface area contributed by atoms with E-state index in [-0.39, 0.29) is 0 Å². The lowest BCUT2D eigenvalue weighted by Gasteiger charge is -2.08. The average Bonchev–Trinajstić information content (AvgIpc) is 2.52. The summed E-state index contributed by atoms with van der Waals surface area (Å²) in [6.45, 7) is 0.997. The molecule has 4 nitrogen and oxygen atoms in total. The molecular formula is C17H17N3O. The first kappa shape index (κ1) is 13.4. The molecule has 3 rings (SSSR count). The summed E-state index contributed by atoms with van der Waals surface area (Å²) < 4.78 is 5.80. The molecular weight excluding hydrogens is 262 g/mol. The van der Waals surface area contributed by atoms with E-state index in [0.717, 1.165) is 27.8 Å². The zero-order chi connectivity index (χ0) is 14.7. The quantitative estimate of drug-likeness (QED) is 0.770. The van der Waals surface area contributed by atoms with Crippen LogP contribution in [-0.2, 0) is 13.2 Å². The second kappa shape index (κ2) is 5.81. The number of ether oxygens (including phenoxy) is 1. The molecule has 0 radical (unpaired) electrons. The molecule has 21 heavy (non-hydrogen) atoms. The van der Waals surface area contributed by atoms with Crippen molar-refractivity contribution in [2.75, 3.05) is 5.73 Å². The van der Waals surface area contributed by atoms with Crippen LogP contribution in [0.3, 0.4) is 0 Å². The molecule has 0 fully saturated rings. The van der Waals surface area contributed by atoms with Gasteiger partial charge in [-0.2, -0.15) is 0 Å². The molecule has 0 unspecified atom stereocenters. The van der Waals surface area contributed by atoms with Gasteiger partial charge < -0.3 is 16.2 Å². The standard InChI is InChI=1S/C17H17N3O/c18-10-12-2-1-3-15(8-12)21-11-13-4-5-14-6-7-17(19)20-16(14)9-13/h1-9H,10-11,18H2,(H2,19,20). The molecule has 0 amide bonds. The Kier molecular flexibility index (Phi) is 3.71. The SMILES string of the molecule is NCc1cccc(OCc2ccc3ccc(N)nc3c2)c1. The normalized spacial score (nSPS) is 10.7. The van der Waals surface area contributed by atoms with E-state index in [1.807, 2.05) is 48.5 Å². The number of pyridine rings is 1. The maximum atomic E-state index is 5.80. The summed E-state index contributed by atoms with van der Waals surface area (Å²) in [5.74, 6) is 1.34. The van der Waals surface area contributed by atoms with Crippen molar-refractivity contribution in [3.63, 3.8) is 0 Å². The van der Waals surface area contributed by atoms with Crippen LogP contribution in [0.15, 0.2) is 54.6 Å². The van der Waals surface area contributed by atoms with E-state index in [1.165, 1.54) is 0 Å². The third-order valence-electron chi connectivity index (χ3n) is 3.32. The smallest absolute Gasteiger partial charge is 0.124 e. The van der Waals surface area contributed by atoms with Crippen molar-refractivity contribution < 1.29 is 4.74 Å². The molecule has 0 aliphatic heterocycles. The minimum Gasteiger partial charge on any atom is -0.489 e. The molecule has 0 saturated carbocycles. The van der Waals surface area contributed by atoms with Crippen LogP contribution in [0.2, 0.25) is 0 Å². The van der Waals surface area contributed by atoms with Gasteiger partial charge in [-0.15, -0.1) is 0 Å². The molecule has 4 N–H and O–H groups in total. The molecule has 0 saturated heterocycles. The summed E-state index contributed by atoms with van der Waals surface area (Å²) in [5, 5.41) is 1.07. The van der Waals surface area contributed by atoms with Gasteiger partial charge in [0.15, 0.2) is 0 Å². The van der Waals surface area contributed by atoms with Gasteiger partial charge in [0.1, 0.15) is 18.2 Å². The van der Waals surface area contributed by atoms with Crippen molar-refractivity contribution in [3.05, 3.63) is 65.7 Å². The summed E-state index contributed by atoms with van der Waals surface area (Å²) in [5.41, 5.74) is 14.3. The van der Waals surface area contributed by atoms with E-state index in [9.17, 15) is 0 Å². The molecule has 4 heteroatoms. The third kappa shape index (κ3) is 3.12. The monoisotopic (exact) mass is 279 g/mol. The summed E-state index contributed by atoms with van der Waals surface area (Å²) >= 11 is 0. The number of hydrogen-bond donors (Lipinski definition) is 2. The van der Waals surface area contributed by atoms with Gasteiger partial charge in [0.05, 0.1) is 5.52 Å². The average molecular weight is 279 g/mol. The predicted molar refractivity (Wildman–Crippen MR) is 84.8 cm³/mol. The number of benzene rings is 2. The Morgan fingerprint density at radius 3 is 2.67 bits per heavy atom. The number of nitrogen functional groups attached to an aromatic ring is 1. The minimum absolute atomic E-state index is 0.487. The van der Waals surface area contributed by atoms with Gasteiger partial charge in [0.2, 0.25) is 0 Å². The van der Waals surface area contributed by atoms with Crippen LogP contribution in [0.25, 0.3) is 10.9 Å². The molecule has 1 aromatic heterocycles. The van der Waals surface area contributed by atoms with Crippen molar-refractivity contribution >= 4 is 16.7 Å². The first-order chi connectivity index (χ1) is 10.2. The van der Waals surface area contributed by atoms with Crippen LogP contribution in [0.1, 0.15) is 11.1 Å².